The zero-order chi connectivity index (χ0) is 20.5. The standard InChI is InChI=1S/C23H26N2O4/c1-14-9-15-10-20(27-4)16(11-21(15)28-14)12-24-23(26)22-18(13-25(2)3)17-7-5-6-8-19(17)29-22/h5-8,10-11,14H,9,12-13H2,1-4H3,(H,24,26)/t14-/m1/s1. The Balaban J connectivity index is 1.59. The second kappa shape index (κ2) is 7.79. The molecule has 152 valence electrons. The first-order valence-electron chi connectivity index (χ1n) is 9.76. The Hall–Kier alpha value is -2.99. The average molecular weight is 394 g/mol. The molecule has 4 rings (SSSR count). The number of methoxy groups -OCH3 is 1. The van der Waals surface area contributed by atoms with E-state index in [1.165, 1.54) is 0 Å². The Labute approximate surface area is 170 Å². The average Bonchev–Trinajstić information content (AvgIpc) is 3.24. The Morgan fingerprint density at radius 1 is 1.28 bits per heavy atom. The monoisotopic (exact) mass is 394 g/mol. The molecular weight excluding hydrogens is 368 g/mol. The van der Waals surface area contributed by atoms with Crippen molar-refractivity contribution in [3.8, 4) is 11.5 Å². The normalized spacial score (nSPS) is 15.4. The molecule has 0 saturated heterocycles. The molecule has 0 unspecified atom stereocenters. The summed E-state index contributed by atoms with van der Waals surface area (Å²) in [6.07, 6.45) is 1.02. The molecule has 1 amide bonds. The third kappa shape index (κ3) is 3.80. The number of hydrogen-bond acceptors (Lipinski definition) is 5. The third-order valence-electron chi connectivity index (χ3n) is 5.12. The van der Waals surface area contributed by atoms with Gasteiger partial charge in [-0.1, -0.05) is 18.2 Å². The molecule has 0 spiro atoms. The van der Waals surface area contributed by atoms with Crippen LogP contribution in [-0.4, -0.2) is 38.1 Å². The minimum atomic E-state index is -0.241. The number of rotatable bonds is 6. The van der Waals surface area contributed by atoms with Crippen LogP contribution in [0.5, 0.6) is 11.5 Å². The Morgan fingerprint density at radius 2 is 2.07 bits per heavy atom. The summed E-state index contributed by atoms with van der Waals surface area (Å²) in [6.45, 7) is 2.99. The van der Waals surface area contributed by atoms with Gasteiger partial charge in [-0.15, -0.1) is 0 Å². The minimum Gasteiger partial charge on any atom is -0.496 e. The topological polar surface area (TPSA) is 63.9 Å². The fourth-order valence-electron chi connectivity index (χ4n) is 3.82. The first-order valence-corrected chi connectivity index (χ1v) is 9.76. The van der Waals surface area contributed by atoms with Crippen LogP contribution in [0.25, 0.3) is 11.0 Å². The lowest BCUT2D eigenvalue weighted by Crippen LogP contribution is -2.24. The van der Waals surface area contributed by atoms with Crippen molar-refractivity contribution < 1.29 is 18.7 Å². The maximum atomic E-state index is 13.0. The number of fused-ring (bicyclic) bond motifs is 2. The van der Waals surface area contributed by atoms with Crippen molar-refractivity contribution in [2.24, 2.45) is 0 Å². The Kier molecular flexibility index (Phi) is 5.20. The summed E-state index contributed by atoms with van der Waals surface area (Å²) in [5.41, 5.74) is 3.61. The number of ether oxygens (including phenoxy) is 2. The van der Waals surface area contributed by atoms with Crippen LogP contribution in [-0.2, 0) is 19.5 Å². The van der Waals surface area contributed by atoms with Crippen LogP contribution in [0.4, 0.5) is 0 Å². The molecule has 0 aliphatic carbocycles. The molecule has 6 heteroatoms. The van der Waals surface area contributed by atoms with E-state index in [2.05, 4.69) is 5.32 Å². The number of nitrogens with zero attached hydrogens (tertiary/aromatic N) is 1. The molecule has 0 bridgehead atoms. The van der Waals surface area contributed by atoms with Crippen LogP contribution in [0.1, 0.15) is 34.2 Å². The summed E-state index contributed by atoms with van der Waals surface area (Å²) in [5, 5.41) is 3.94. The van der Waals surface area contributed by atoms with E-state index in [1.54, 1.807) is 7.11 Å². The van der Waals surface area contributed by atoms with Gasteiger partial charge < -0.3 is 24.1 Å². The van der Waals surface area contributed by atoms with E-state index < -0.39 is 0 Å². The number of para-hydroxylation sites is 1. The molecule has 29 heavy (non-hydrogen) atoms. The minimum absolute atomic E-state index is 0.156. The number of benzene rings is 2. The quantitative estimate of drug-likeness (QED) is 0.690. The predicted octanol–water partition coefficient (Wildman–Crippen LogP) is 3.76. The van der Waals surface area contributed by atoms with E-state index in [9.17, 15) is 4.79 Å². The summed E-state index contributed by atoms with van der Waals surface area (Å²) < 4.78 is 17.3. The van der Waals surface area contributed by atoms with Crippen molar-refractivity contribution >= 4 is 16.9 Å². The lowest BCUT2D eigenvalue weighted by atomic mass is 10.1. The molecule has 1 aliphatic heterocycles. The van der Waals surface area contributed by atoms with Gasteiger partial charge in [0, 0.05) is 41.6 Å². The molecule has 1 atom stereocenters. The number of furan rings is 1. The maximum absolute atomic E-state index is 13.0. The summed E-state index contributed by atoms with van der Waals surface area (Å²) in [7, 11) is 5.58. The van der Waals surface area contributed by atoms with E-state index >= 15 is 0 Å². The van der Waals surface area contributed by atoms with Gasteiger partial charge in [-0.2, -0.15) is 0 Å². The molecule has 6 nitrogen and oxygen atoms in total. The van der Waals surface area contributed by atoms with Crippen molar-refractivity contribution in [2.75, 3.05) is 21.2 Å². The van der Waals surface area contributed by atoms with Gasteiger partial charge in [-0.25, -0.2) is 0 Å². The Bertz CT molecular complexity index is 1050. The summed E-state index contributed by atoms with van der Waals surface area (Å²) in [5.74, 6) is 1.72. The van der Waals surface area contributed by atoms with Crippen LogP contribution in [0, 0.1) is 0 Å². The maximum Gasteiger partial charge on any atom is 0.287 e. The lowest BCUT2D eigenvalue weighted by Gasteiger charge is -2.13. The molecular formula is C23H26N2O4. The van der Waals surface area contributed by atoms with Crippen LogP contribution < -0.4 is 14.8 Å². The zero-order valence-electron chi connectivity index (χ0n) is 17.2. The van der Waals surface area contributed by atoms with Crippen molar-refractivity contribution in [3.63, 3.8) is 0 Å². The van der Waals surface area contributed by atoms with Gasteiger partial charge in [0.05, 0.1) is 7.11 Å². The van der Waals surface area contributed by atoms with E-state index in [1.807, 2.05) is 62.3 Å². The molecule has 0 fully saturated rings. The highest BCUT2D eigenvalue weighted by atomic mass is 16.5. The van der Waals surface area contributed by atoms with E-state index in [0.717, 1.165) is 40.0 Å². The summed E-state index contributed by atoms with van der Waals surface area (Å²) >= 11 is 0. The van der Waals surface area contributed by atoms with Crippen LogP contribution in [0.2, 0.25) is 0 Å². The molecule has 1 aromatic heterocycles. The van der Waals surface area contributed by atoms with Crippen LogP contribution in [0.3, 0.4) is 0 Å². The van der Waals surface area contributed by atoms with Crippen molar-refractivity contribution in [2.45, 2.75) is 32.5 Å². The van der Waals surface area contributed by atoms with Crippen molar-refractivity contribution in [1.82, 2.24) is 10.2 Å². The van der Waals surface area contributed by atoms with Gasteiger partial charge >= 0.3 is 0 Å². The zero-order valence-corrected chi connectivity index (χ0v) is 17.2. The van der Waals surface area contributed by atoms with Crippen molar-refractivity contribution in [1.29, 1.82) is 0 Å². The molecule has 0 saturated carbocycles. The van der Waals surface area contributed by atoms with E-state index in [-0.39, 0.29) is 12.0 Å². The highest BCUT2D eigenvalue weighted by Gasteiger charge is 2.24. The number of amides is 1. The SMILES string of the molecule is COc1cc2c(cc1CNC(=O)c1oc3ccccc3c1CN(C)C)O[C@H](C)C2. The molecule has 1 N–H and O–H groups in total. The largest absolute Gasteiger partial charge is 0.496 e. The first-order chi connectivity index (χ1) is 14.0. The fraction of sp³-hybridized carbons (Fsp3) is 0.348. The van der Waals surface area contributed by atoms with Gasteiger partial charge in [0.25, 0.3) is 5.91 Å². The summed E-state index contributed by atoms with van der Waals surface area (Å²) in [6, 6.07) is 11.7. The fourth-order valence-corrected chi connectivity index (χ4v) is 3.82. The molecule has 2 aromatic carbocycles. The summed E-state index contributed by atoms with van der Waals surface area (Å²) in [4.78, 5) is 15.0. The molecule has 0 radical (unpaired) electrons. The predicted molar refractivity (Wildman–Crippen MR) is 112 cm³/mol. The first kappa shape index (κ1) is 19.3. The smallest absolute Gasteiger partial charge is 0.287 e. The van der Waals surface area contributed by atoms with Gasteiger partial charge in [0.1, 0.15) is 23.2 Å². The molecule has 2 heterocycles. The Morgan fingerprint density at radius 3 is 2.83 bits per heavy atom. The second-order valence-electron chi connectivity index (χ2n) is 7.73. The number of hydrogen-bond donors (Lipinski definition) is 1. The van der Waals surface area contributed by atoms with Crippen LogP contribution >= 0.6 is 0 Å². The van der Waals surface area contributed by atoms with E-state index in [4.69, 9.17) is 13.9 Å². The number of carbonyl (C=O) groups excluding carboxylic acids is 1. The number of nitrogens with one attached hydrogen (secondary N) is 1. The van der Waals surface area contributed by atoms with Gasteiger partial charge in [0.15, 0.2) is 5.76 Å². The van der Waals surface area contributed by atoms with Crippen LogP contribution in [0.15, 0.2) is 40.8 Å². The van der Waals surface area contributed by atoms with Crippen molar-refractivity contribution in [3.05, 3.63) is 58.8 Å². The lowest BCUT2D eigenvalue weighted by molar-refractivity contribution is 0.0922. The third-order valence-corrected chi connectivity index (χ3v) is 5.12. The second-order valence-corrected chi connectivity index (χ2v) is 7.73. The number of carbonyl (C=O) groups is 1. The van der Waals surface area contributed by atoms with E-state index in [0.29, 0.717) is 24.4 Å². The molecule has 1 aliphatic rings. The highest BCUT2D eigenvalue weighted by Crippen LogP contribution is 2.35. The highest BCUT2D eigenvalue weighted by molar-refractivity contribution is 5.99. The molecule has 3 aromatic rings. The van der Waals surface area contributed by atoms with Gasteiger partial charge in [0.2, 0.25) is 0 Å². The van der Waals surface area contributed by atoms with Gasteiger partial charge in [-0.05, 0) is 39.2 Å². The van der Waals surface area contributed by atoms with Gasteiger partial charge in [-0.3, -0.25) is 4.79 Å².